The van der Waals surface area contributed by atoms with Crippen molar-refractivity contribution in [2.24, 2.45) is 17.3 Å². The highest BCUT2D eigenvalue weighted by molar-refractivity contribution is 7.90. The fourth-order valence-corrected chi connectivity index (χ4v) is 7.58. The number of piperidine rings is 1. The Morgan fingerprint density at radius 2 is 1.63 bits per heavy atom. The minimum Gasteiger partial charge on any atom is -0.338 e. The number of sulfone groups is 1. The molecule has 0 saturated carbocycles. The monoisotopic (exact) mass is 537 g/mol. The van der Waals surface area contributed by atoms with Gasteiger partial charge in [0.2, 0.25) is 5.91 Å². The van der Waals surface area contributed by atoms with Crippen LogP contribution >= 0.6 is 0 Å². The number of nitrogens with zero attached hydrogens (tertiary/aromatic N) is 3. The second kappa shape index (κ2) is 11.1. The number of benzene rings is 2. The van der Waals surface area contributed by atoms with Gasteiger partial charge in [-0.3, -0.25) is 4.79 Å². The number of likely N-dealkylation sites (tertiary alicyclic amines) is 3. The first-order chi connectivity index (χ1) is 18.1. The summed E-state index contributed by atoms with van der Waals surface area (Å²) in [6.07, 6.45) is 4.00. The Labute approximate surface area is 228 Å². The minimum absolute atomic E-state index is 0.0818. The zero-order valence-corrected chi connectivity index (χ0v) is 24.0. The van der Waals surface area contributed by atoms with Gasteiger partial charge >= 0.3 is 0 Å². The fourth-order valence-electron chi connectivity index (χ4n) is 6.95. The van der Waals surface area contributed by atoms with Crippen molar-refractivity contribution in [3.05, 3.63) is 65.7 Å². The van der Waals surface area contributed by atoms with Crippen molar-refractivity contribution < 1.29 is 13.2 Å². The maximum atomic E-state index is 13.0. The van der Waals surface area contributed by atoms with Gasteiger partial charge in [0.15, 0.2) is 9.84 Å². The maximum Gasteiger partial charge on any atom is 0.223 e. The number of amides is 1. The first-order valence-corrected chi connectivity index (χ1v) is 16.1. The molecule has 2 aromatic rings. The number of rotatable bonds is 8. The topological polar surface area (TPSA) is 60.9 Å². The van der Waals surface area contributed by atoms with Crippen molar-refractivity contribution in [1.82, 2.24) is 14.7 Å². The van der Waals surface area contributed by atoms with Crippen LogP contribution in [-0.2, 0) is 21.2 Å². The van der Waals surface area contributed by atoms with Crippen LogP contribution in [0.5, 0.6) is 0 Å². The van der Waals surface area contributed by atoms with Crippen LogP contribution in [0.15, 0.2) is 59.5 Å². The Balaban J connectivity index is 1.17. The van der Waals surface area contributed by atoms with Crippen LogP contribution in [0.3, 0.4) is 0 Å². The van der Waals surface area contributed by atoms with Crippen molar-refractivity contribution in [2.75, 3.05) is 52.1 Å². The summed E-state index contributed by atoms with van der Waals surface area (Å²) in [6.45, 7) is 12.7. The lowest BCUT2D eigenvalue weighted by Crippen LogP contribution is -2.44. The summed E-state index contributed by atoms with van der Waals surface area (Å²) in [4.78, 5) is 20.6. The molecule has 0 N–H and O–H groups in total. The van der Waals surface area contributed by atoms with Crippen LogP contribution in [0.25, 0.3) is 0 Å². The minimum atomic E-state index is -3.21. The highest BCUT2D eigenvalue weighted by atomic mass is 32.2. The summed E-state index contributed by atoms with van der Waals surface area (Å²) in [7, 11) is -3.21. The summed E-state index contributed by atoms with van der Waals surface area (Å²) in [6, 6.07) is 18.0. The van der Waals surface area contributed by atoms with E-state index in [1.807, 2.05) is 17.0 Å². The first-order valence-electron chi connectivity index (χ1n) is 14.2. The molecule has 0 bridgehead atoms. The van der Waals surface area contributed by atoms with E-state index in [0.29, 0.717) is 35.6 Å². The SMILES string of the molecule is CC(C)CN1C[C@H](CN2CCC3(CC2)CC(=O)N(Cc2ccc(S(C)(=O)=O)cc2)C3)[C@@H](c2ccccc2)C1. The Hall–Kier alpha value is -2.22. The van der Waals surface area contributed by atoms with Gasteiger partial charge in [0.1, 0.15) is 0 Å². The number of carbonyl (C=O) groups excluding carboxylic acids is 1. The number of hydrogen-bond acceptors (Lipinski definition) is 5. The molecule has 1 spiro atoms. The van der Waals surface area contributed by atoms with Gasteiger partial charge in [0.25, 0.3) is 0 Å². The molecule has 5 rings (SSSR count). The molecule has 0 radical (unpaired) electrons. The highest BCUT2D eigenvalue weighted by Gasteiger charge is 2.45. The molecule has 38 heavy (non-hydrogen) atoms. The van der Waals surface area contributed by atoms with Crippen molar-refractivity contribution in [1.29, 1.82) is 0 Å². The predicted molar refractivity (Wildman–Crippen MR) is 152 cm³/mol. The Kier molecular flexibility index (Phi) is 7.99. The smallest absolute Gasteiger partial charge is 0.223 e. The van der Waals surface area contributed by atoms with Crippen molar-refractivity contribution in [2.45, 2.75) is 50.5 Å². The Morgan fingerprint density at radius 3 is 2.26 bits per heavy atom. The molecule has 6 nitrogen and oxygen atoms in total. The number of carbonyl (C=O) groups is 1. The lowest BCUT2D eigenvalue weighted by Gasteiger charge is -2.40. The van der Waals surface area contributed by atoms with Crippen LogP contribution in [0.4, 0.5) is 0 Å². The third-order valence-electron chi connectivity index (χ3n) is 8.91. The second-order valence-corrected chi connectivity index (χ2v) is 14.5. The van der Waals surface area contributed by atoms with Gasteiger partial charge in [-0.15, -0.1) is 0 Å². The van der Waals surface area contributed by atoms with E-state index in [0.717, 1.165) is 57.7 Å². The molecule has 0 unspecified atom stereocenters. The zero-order valence-electron chi connectivity index (χ0n) is 23.2. The van der Waals surface area contributed by atoms with Gasteiger partial charge in [0.05, 0.1) is 4.90 Å². The molecule has 3 fully saturated rings. The summed E-state index contributed by atoms with van der Waals surface area (Å²) >= 11 is 0. The van der Waals surface area contributed by atoms with Gasteiger partial charge in [-0.05, 0) is 66.4 Å². The molecule has 7 heteroatoms. The summed E-state index contributed by atoms with van der Waals surface area (Å²) in [5.41, 5.74) is 2.54. The van der Waals surface area contributed by atoms with E-state index >= 15 is 0 Å². The van der Waals surface area contributed by atoms with Crippen LogP contribution in [0.2, 0.25) is 0 Å². The molecule has 3 aliphatic heterocycles. The molecular weight excluding hydrogens is 494 g/mol. The van der Waals surface area contributed by atoms with Crippen molar-refractivity contribution in [3.8, 4) is 0 Å². The van der Waals surface area contributed by atoms with E-state index in [-0.39, 0.29) is 11.3 Å². The maximum absolute atomic E-state index is 13.0. The molecular formula is C31H43N3O3S. The zero-order chi connectivity index (χ0) is 26.9. The largest absolute Gasteiger partial charge is 0.338 e. The average Bonchev–Trinajstić information content (AvgIpc) is 3.40. The van der Waals surface area contributed by atoms with Crippen LogP contribution in [0, 0.1) is 17.3 Å². The molecule has 0 aromatic heterocycles. The summed E-state index contributed by atoms with van der Waals surface area (Å²) < 4.78 is 23.5. The highest BCUT2D eigenvalue weighted by Crippen LogP contribution is 2.42. The Bertz CT molecular complexity index is 1200. The van der Waals surface area contributed by atoms with Gasteiger partial charge in [-0.1, -0.05) is 56.3 Å². The fraction of sp³-hybridized carbons (Fsp3) is 0.581. The summed E-state index contributed by atoms with van der Waals surface area (Å²) in [5, 5.41) is 0. The second-order valence-electron chi connectivity index (χ2n) is 12.5. The van der Waals surface area contributed by atoms with Gasteiger partial charge in [0, 0.05) is 57.9 Å². The van der Waals surface area contributed by atoms with E-state index in [1.54, 1.807) is 12.1 Å². The Morgan fingerprint density at radius 1 is 0.947 bits per heavy atom. The quantitative estimate of drug-likeness (QED) is 0.503. The molecule has 3 aliphatic rings. The first kappa shape index (κ1) is 27.4. The average molecular weight is 538 g/mol. The predicted octanol–water partition coefficient (Wildman–Crippen LogP) is 4.28. The van der Waals surface area contributed by atoms with E-state index in [4.69, 9.17) is 0 Å². The van der Waals surface area contributed by atoms with Crippen LogP contribution in [-0.4, -0.2) is 81.1 Å². The van der Waals surface area contributed by atoms with Crippen LogP contribution in [0.1, 0.15) is 50.2 Å². The molecule has 2 aromatic carbocycles. The van der Waals surface area contributed by atoms with Gasteiger partial charge in [-0.2, -0.15) is 0 Å². The van der Waals surface area contributed by atoms with Crippen molar-refractivity contribution in [3.63, 3.8) is 0 Å². The van der Waals surface area contributed by atoms with Gasteiger partial charge < -0.3 is 14.7 Å². The lowest BCUT2D eigenvalue weighted by molar-refractivity contribution is -0.128. The molecule has 0 aliphatic carbocycles. The number of hydrogen-bond donors (Lipinski definition) is 0. The van der Waals surface area contributed by atoms with Crippen LogP contribution < -0.4 is 0 Å². The lowest BCUT2D eigenvalue weighted by atomic mass is 9.77. The van der Waals surface area contributed by atoms with Crippen molar-refractivity contribution >= 4 is 15.7 Å². The molecule has 1 amide bonds. The van der Waals surface area contributed by atoms with E-state index < -0.39 is 9.84 Å². The molecule has 3 heterocycles. The van der Waals surface area contributed by atoms with E-state index in [2.05, 4.69) is 54.0 Å². The van der Waals surface area contributed by atoms with E-state index in [1.165, 1.54) is 18.4 Å². The normalized spacial score (nSPS) is 24.6. The summed E-state index contributed by atoms with van der Waals surface area (Å²) in [5.74, 6) is 2.14. The third-order valence-corrected chi connectivity index (χ3v) is 10.0. The molecule has 2 atom stereocenters. The van der Waals surface area contributed by atoms with Gasteiger partial charge in [-0.25, -0.2) is 8.42 Å². The standard InChI is InChI=1S/C31H43N3O3S/c1-24(2)18-33-21-27(29(22-33)26-7-5-4-6-8-26)20-32-15-13-31(14-16-32)17-30(35)34(23-31)19-25-9-11-28(12-10-25)38(3,36)37/h4-12,24,27,29H,13-23H2,1-3H3/t27-,29+/m0/s1. The molecule has 3 saturated heterocycles. The van der Waals surface area contributed by atoms with E-state index in [9.17, 15) is 13.2 Å². The third kappa shape index (κ3) is 6.32. The molecule has 206 valence electrons.